The molecule has 2 aromatic carbocycles. The molecule has 0 bridgehead atoms. The van der Waals surface area contributed by atoms with Gasteiger partial charge in [-0.15, -0.1) is 0 Å². The van der Waals surface area contributed by atoms with Crippen LogP contribution in [0.2, 0.25) is 0 Å². The third-order valence-corrected chi connectivity index (χ3v) is 3.25. The van der Waals surface area contributed by atoms with E-state index < -0.39 is 0 Å². The molecule has 0 aliphatic heterocycles. The molecule has 0 saturated carbocycles. The first-order valence-electron chi connectivity index (χ1n) is 5.07. The third kappa shape index (κ3) is 1.46. The van der Waals surface area contributed by atoms with Gasteiger partial charge in [0.1, 0.15) is 11.8 Å². The van der Waals surface area contributed by atoms with Gasteiger partial charge >= 0.3 is 0 Å². The molecule has 0 N–H and O–H groups in total. The van der Waals surface area contributed by atoms with E-state index in [0.717, 1.165) is 21.0 Å². The van der Waals surface area contributed by atoms with E-state index in [-0.39, 0.29) is 0 Å². The fraction of sp³-hybridized carbons (Fsp3) is 0. The third-order valence-electron chi connectivity index (χ3n) is 2.64. The molecule has 0 spiro atoms. The Morgan fingerprint density at radius 1 is 0.875 bits per heavy atom. The lowest BCUT2D eigenvalue weighted by Crippen LogP contribution is -1.77. The average Bonchev–Trinajstić information content (AvgIpc) is 2.73. The number of hydrogen-bond donors (Lipinski definition) is 0. The molecule has 0 aliphatic rings. The highest BCUT2D eigenvalue weighted by atomic mass is 79.9. The molecule has 1 nitrogen and oxygen atoms in total. The molecule has 0 amide bonds. The second-order valence-electron chi connectivity index (χ2n) is 3.63. The minimum Gasteiger partial charge on any atom is -0.462 e. The Balaban J connectivity index is 2.32. The number of rotatable bonds is 1. The molecule has 0 unspecified atom stereocenters. The summed E-state index contributed by atoms with van der Waals surface area (Å²) in [6.45, 7) is 0. The molecule has 2 heteroatoms. The molecule has 0 fully saturated rings. The van der Waals surface area contributed by atoms with E-state index in [2.05, 4.69) is 40.2 Å². The van der Waals surface area contributed by atoms with Gasteiger partial charge in [0.25, 0.3) is 0 Å². The van der Waals surface area contributed by atoms with Crippen LogP contribution in [0.3, 0.4) is 0 Å². The van der Waals surface area contributed by atoms with Crippen LogP contribution in [0.15, 0.2) is 63.7 Å². The fourth-order valence-electron chi connectivity index (χ4n) is 1.87. The van der Waals surface area contributed by atoms with Crippen molar-refractivity contribution in [3.05, 3.63) is 59.3 Å². The Morgan fingerprint density at radius 2 is 1.69 bits per heavy atom. The van der Waals surface area contributed by atoms with Crippen molar-refractivity contribution >= 4 is 26.9 Å². The highest BCUT2D eigenvalue weighted by Gasteiger charge is 2.08. The van der Waals surface area contributed by atoms with Crippen molar-refractivity contribution in [2.24, 2.45) is 0 Å². The van der Waals surface area contributed by atoms with Gasteiger partial charge in [-0.05, 0) is 27.6 Å². The molecule has 3 rings (SSSR count). The average molecular weight is 273 g/mol. The van der Waals surface area contributed by atoms with Gasteiger partial charge in [0.15, 0.2) is 0 Å². The predicted molar refractivity (Wildman–Crippen MR) is 69.4 cm³/mol. The Labute approximate surface area is 102 Å². The summed E-state index contributed by atoms with van der Waals surface area (Å²) in [5.41, 5.74) is 3.24. The van der Waals surface area contributed by atoms with Crippen molar-refractivity contribution in [2.75, 3.05) is 0 Å². The first-order valence-corrected chi connectivity index (χ1v) is 5.87. The fourth-order valence-corrected chi connectivity index (χ4v) is 2.28. The summed E-state index contributed by atoms with van der Waals surface area (Å²) in [4.78, 5) is 0. The Hall–Kier alpha value is -1.54. The molecule has 1 heterocycles. The molecule has 78 valence electrons. The van der Waals surface area contributed by atoms with Crippen LogP contribution in [0.25, 0.3) is 22.1 Å². The van der Waals surface area contributed by atoms with Crippen molar-refractivity contribution in [3.63, 3.8) is 0 Å². The zero-order valence-corrected chi connectivity index (χ0v) is 10.1. The van der Waals surface area contributed by atoms with Crippen LogP contribution in [0.4, 0.5) is 0 Å². The summed E-state index contributed by atoms with van der Waals surface area (Å²) in [7, 11) is 0. The molecular weight excluding hydrogens is 264 g/mol. The number of hydrogen-bond acceptors (Lipinski definition) is 1. The highest BCUT2D eigenvalue weighted by molar-refractivity contribution is 9.10. The van der Waals surface area contributed by atoms with Gasteiger partial charge < -0.3 is 4.42 Å². The van der Waals surface area contributed by atoms with Crippen LogP contribution in [0, 0.1) is 0 Å². The molecular formula is C14H9BrO. The van der Waals surface area contributed by atoms with Gasteiger partial charge in [0, 0.05) is 10.9 Å². The van der Waals surface area contributed by atoms with Crippen molar-refractivity contribution in [2.45, 2.75) is 0 Å². The smallest absolute Gasteiger partial charge is 0.142 e. The van der Waals surface area contributed by atoms with Crippen molar-refractivity contribution in [1.82, 2.24) is 0 Å². The van der Waals surface area contributed by atoms with Crippen molar-refractivity contribution < 1.29 is 4.42 Å². The summed E-state index contributed by atoms with van der Waals surface area (Å²) in [5.74, 6) is 0. The van der Waals surface area contributed by atoms with Crippen LogP contribution in [-0.2, 0) is 0 Å². The lowest BCUT2D eigenvalue weighted by Gasteiger charge is -2.01. The Bertz CT molecular complexity index is 626. The molecule has 0 atom stereocenters. The summed E-state index contributed by atoms with van der Waals surface area (Å²) < 4.78 is 6.59. The second kappa shape index (κ2) is 3.80. The number of para-hydroxylation sites is 1. The lowest BCUT2D eigenvalue weighted by atomic mass is 10.0. The Kier molecular flexibility index (Phi) is 2.29. The SMILES string of the molecule is Brc1coc2c(-c3ccccc3)cccc12. The molecule has 1 aromatic heterocycles. The zero-order chi connectivity index (χ0) is 11.0. The van der Waals surface area contributed by atoms with Crippen LogP contribution < -0.4 is 0 Å². The number of benzene rings is 2. The van der Waals surface area contributed by atoms with Gasteiger partial charge in [-0.3, -0.25) is 0 Å². The standard InChI is InChI=1S/C14H9BrO/c15-13-9-16-14-11(7-4-8-12(13)14)10-5-2-1-3-6-10/h1-9H. The maximum atomic E-state index is 5.59. The number of fused-ring (bicyclic) bond motifs is 1. The monoisotopic (exact) mass is 272 g/mol. The van der Waals surface area contributed by atoms with E-state index >= 15 is 0 Å². The van der Waals surface area contributed by atoms with Crippen LogP contribution in [-0.4, -0.2) is 0 Å². The van der Waals surface area contributed by atoms with Gasteiger partial charge in [0.2, 0.25) is 0 Å². The van der Waals surface area contributed by atoms with E-state index in [1.54, 1.807) is 6.26 Å². The largest absolute Gasteiger partial charge is 0.462 e. The van der Waals surface area contributed by atoms with Crippen LogP contribution >= 0.6 is 15.9 Å². The highest BCUT2D eigenvalue weighted by Crippen LogP contribution is 2.33. The first kappa shape index (κ1) is 9.67. The van der Waals surface area contributed by atoms with Gasteiger partial charge in [-0.1, -0.05) is 42.5 Å². The summed E-state index contributed by atoms with van der Waals surface area (Å²) in [6, 6.07) is 16.4. The van der Waals surface area contributed by atoms with Crippen LogP contribution in [0.1, 0.15) is 0 Å². The topological polar surface area (TPSA) is 13.1 Å². The quantitative estimate of drug-likeness (QED) is 0.617. The van der Waals surface area contributed by atoms with Gasteiger partial charge in [0.05, 0.1) is 4.47 Å². The van der Waals surface area contributed by atoms with E-state index in [1.165, 1.54) is 5.56 Å². The second-order valence-corrected chi connectivity index (χ2v) is 4.49. The maximum absolute atomic E-state index is 5.59. The van der Waals surface area contributed by atoms with Crippen molar-refractivity contribution in [3.8, 4) is 11.1 Å². The summed E-state index contributed by atoms with van der Waals surface area (Å²) >= 11 is 3.48. The summed E-state index contributed by atoms with van der Waals surface area (Å²) in [5, 5.41) is 1.11. The molecule has 16 heavy (non-hydrogen) atoms. The zero-order valence-electron chi connectivity index (χ0n) is 8.48. The Morgan fingerprint density at radius 3 is 2.50 bits per heavy atom. The first-order chi connectivity index (χ1) is 7.86. The van der Waals surface area contributed by atoms with E-state index in [0.29, 0.717) is 0 Å². The lowest BCUT2D eigenvalue weighted by molar-refractivity contribution is 0.615. The van der Waals surface area contributed by atoms with E-state index in [4.69, 9.17) is 4.42 Å². The molecule has 0 saturated heterocycles. The molecule has 0 aliphatic carbocycles. The summed E-state index contributed by atoms with van der Waals surface area (Å²) in [6.07, 6.45) is 1.73. The number of halogens is 1. The minimum absolute atomic E-state index is 0.931. The minimum atomic E-state index is 0.931. The normalized spacial score (nSPS) is 10.8. The van der Waals surface area contributed by atoms with E-state index in [1.807, 2.05) is 24.3 Å². The van der Waals surface area contributed by atoms with Crippen LogP contribution in [0.5, 0.6) is 0 Å². The molecule has 0 radical (unpaired) electrons. The van der Waals surface area contributed by atoms with Gasteiger partial charge in [-0.2, -0.15) is 0 Å². The maximum Gasteiger partial charge on any atom is 0.142 e. The molecule has 3 aromatic rings. The predicted octanol–water partition coefficient (Wildman–Crippen LogP) is 4.86. The van der Waals surface area contributed by atoms with Crippen molar-refractivity contribution in [1.29, 1.82) is 0 Å². The van der Waals surface area contributed by atoms with E-state index in [9.17, 15) is 0 Å². The number of furan rings is 1. The van der Waals surface area contributed by atoms with Gasteiger partial charge in [-0.25, -0.2) is 0 Å².